The molecule has 3 N–H and O–H groups in total. The van der Waals surface area contributed by atoms with Gasteiger partial charge in [-0.15, -0.1) is 0 Å². The van der Waals surface area contributed by atoms with Gasteiger partial charge >= 0.3 is 0 Å². The second-order valence-electron chi connectivity index (χ2n) is 3.46. The molecule has 0 heterocycles. The second kappa shape index (κ2) is 8.85. The van der Waals surface area contributed by atoms with Crippen molar-refractivity contribution in [2.45, 2.75) is 42.3 Å². The summed E-state index contributed by atoms with van der Waals surface area (Å²) in [6.45, 7) is 0.198. The maximum Gasteiger partial charge on any atom is 0.0561 e. The SMILES string of the molecule is OCCC(S)CC(O)CC(S)CCO. The fraction of sp³-hybridized carbons (Fsp3) is 1.00. The van der Waals surface area contributed by atoms with Gasteiger partial charge in [0.1, 0.15) is 0 Å². The standard InChI is InChI=1S/C9H20O3S2/c10-3-1-8(13)5-7(12)6-9(14)2-4-11/h7-14H,1-6H2. The van der Waals surface area contributed by atoms with E-state index in [0.29, 0.717) is 25.7 Å². The first kappa shape index (κ1) is 14.6. The van der Waals surface area contributed by atoms with E-state index in [1.54, 1.807) is 0 Å². The molecule has 0 bridgehead atoms. The largest absolute Gasteiger partial charge is 0.396 e. The van der Waals surface area contributed by atoms with Crippen LogP contribution in [0.2, 0.25) is 0 Å². The predicted octanol–water partition coefficient (Wildman–Crippen LogP) is 0.489. The third-order valence-electron chi connectivity index (χ3n) is 2.01. The molecule has 3 nitrogen and oxygen atoms in total. The molecule has 5 heteroatoms. The first-order valence-corrected chi connectivity index (χ1v) is 5.89. The van der Waals surface area contributed by atoms with Gasteiger partial charge in [0, 0.05) is 23.7 Å². The maximum atomic E-state index is 9.58. The normalized spacial score (nSPS) is 17.8. The smallest absolute Gasteiger partial charge is 0.0561 e. The van der Waals surface area contributed by atoms with E-state index in [-0.39, 0.29) is 23.7 Å². The summed E-state index contributed by atoms with van der Waals surface area (Å²) >= 11 is 8.46. The van der Waals surface area contributed by atoms with E-state index < -0.39 is 6.10 Å². The van der Waals surface area contributed by atoms with Crippen molar-refractivity contribution >= 4 is 25.3 Å². The molecular formula is C9H20O3S2. The van der Waals surface area contributed by atoms with Gasteiger partial charge in [-0.05, 0) is 25.7 Å². The van der Waals surface area contributed by atoms with Crippen molar-refractivity contribution in [2.24, 2.45) is 0 Å². The van der Waals surface area contributed by atoms with Gasteiger partial charge in [0.05, 0.1) is 6.10 Å². The highest BCUT2D eigenvalue weighted by Gasteiger charge is 2.14. The highest BCUT2D eigenvalue weighted by atomic mass is 32.1. The number of rotatable bonds is 8. The molecule has 0 aliphatic heterocycles. The van der Waals surface area contributed by atoms with Gasteiger partial charge in [-0.2, -0.15) is 25.3 Å². The third-order valence-corrected chi connectivity index (χ3v) is 2.95. The molecule has 0 aliphatic carbocycles. The number of hydrogen-bond acceptors (Lipinski definition) is 5. The molecule has 0 aromatic carbocycles. The van der Waals surface area contributed by atoms with Crippen LogP contribution in [0.4, 0.5) is 0 Å². The van der Waals surface area contributed by atoms with E-state index in [1.165, 1.54) is 0 Å². The Morgan fingerprint density at radius 2 is 1.21 bits per heavy atom. The Morgan fingerprint density at radius 3 is 1.50 bits per heavy atom. The lowest BCUT2D eigenvalue weighted by Crippen LogP contribution is -2.19. The Kier molecular flexibility index (Phi) is 9.22. The highest BCUT2D eigenvalue weighted by molar-refractivity contribution is 7.81. The van der Waals surface area contributed by atoms with Gasteiger partial charge in [0.2, 0.25) is 0 Å². The molecule has 0 fully saturated rings. The molecular weight excluding hydrogens is 220 g/mol. The van der Waals surface area contributed by atoms with Crippen LogP contribution in [-0.2, 0) is 0 Å². The summed E-state index contributed by atoms with van der Waals surface area (Å²) < 4.78 is 0. The van der Waals surface area contributed by atoms with E-state index >= 15 is 0 Å². The zero-order valence-electron chi connectivity index (χ0n) is 8.21. The van der Waals surface area contributed by atoms with Crippen molar-refractivity contribution in [3.05, 3.63) is 0 Å². The summed E-state index contributed by atoms with van der Waals surface area (Å²) in [6.07, 6.45) is 1.87. The van der Waals surface area contributed by atoms with Crippen LogP contribution in [-0.4, -0.2) is 45.1 Å². The van der Waals surface area contributed by atoms with Crippen molar-refractivity contribution in [3.8, 4) is 0 Å². The molecule has 0 saturated heterocycles. The lowest BCUT2D eigenvalue weighted by atomic mass is 10.1. The second-order valence-corrected chi connectivity index (χ2v) is 4.92. The van der Waals surface area contributed by atoms with Crippen molar-refractivity contribution in [2.75, 3.05) is 13.2 Å². The molecule has 0 aliphatic rings. The molecule has 14 heavy (non-hydrogen) atoms. The molecule has 86 valence electrons. The van der Waals surface area contributed by atoms with E-state index in [0.717, 1.165) is 0 Å². The Hall–Kier alpha value is 0.580. The average molecular weight is 240 g/mol. The highest BCUT2D eigenvalue weighted by Crippen LogP contribution is 2.16. The van der Waals surface area contributed by atoms with Gasteiger partial charge in [-0.1, -0.05) is 0 Å². The van der Waals surface area contributed by atoms with Crippen molar-refractivity contribution < 1.29 is 15.3 Å². The molecule has 0 spiro atoms. The van der Waals surface area contributed by atoms with Crippen LogP contribution in [0.5, 0.6) is 0 Å². The molecule has 0 amide bonds. The fourth-order valence-corrected chi connectivity index (χ4v) is 1.98. The minimum Gasteiger partial charge on any atom is -0.396 e. The predicted molar refractivity (Wildman–Crippen MR) is 64.2 cm³/mol. The van der Waals surface area contributed by atoms with Crippen molar-refractivity contribution in [1.29, 1.82) is 0 Å². The summed E-state index contributed by atoms with van der Waals surface area (Å²) in [7, 11) is 0. The van der Waals surface area contributed by atoms with Crippen LogP contribution in [0.3, 0.4) is 0 Å². The minimum atomic E-state index is -0.446. The lowest BCUT2D eigenvalue weighted by Gasteiger charge is -2.17. The van der Waals surface area contributed by atoms with Gasteiger partial charge in [-0.25, -0.2) is 0 Å². The number of hydrogen-bond donors (Lipinski definition) is 5. The van der Waals surface area contributed by atoms with Gasteiger partial charge in [-0.3, -0.25) is 0 Å². The van der Waals surface area contributed by atoms with Crippen LogP contribution in [0, 0.1) is 0 Å². The van der Waals surface area contributed by atoms with E-state index in [4.69, 9.17) is 10.2 Å². The molecule has 2 atom stereocenters. The van der Waals surface area contributed by atoms with Crippen molar-refractivity contribution in [1.82, 2.24) is 0 Å². The summed E-state index contributed by atoms with van der Waals surface area (Å²) in [4.78, 5) is 0. The maximum absolute atomic E-state index is 9.58. The molecule has 0 rings (SSSR count). The quantitative estimate of drug-likeness (QED) is 0.401. The Labute approximate surface area is 96.4 Å². The number of thiol groups is 2. The zero-order valence-corrected chi connectivity index (χ0v) is 10.00. The van der Waals surface area contributed by atoms with E-state index in [9.17, 15) is 5.11 Å². The topological polar surface area (TPSA) is 60.7 Å². The van der Waals surface area contributed by atoms with Crippen LogP contribution >= 0.6 is 25.3 Å². The molecule has 2 unspecified atom stereocenters. The van der Waals surface area contributed by atoms with E-state index in [1.807, 2.05) is 0 Å². The summed E-state index contributed by atoms with van der Waals surface area (Å²) in [5.74, 6) is 0. The first-order chi connectivity index (χ1) is 6.60. The van der Waals surface area contributed by atoms with Gasteiger partial charge in [0.25, 0.3) is 0 Å². The Morgan fingerprint density at radius 1 is 0.857 bits per heavy atom. The summed E-state index contributed by atoms with van der Waals surface area (Å²) in [5.41, 5.74) is 0. The monoisotopic (exact) mass is 240 g/mol. The minimum absolute atomic E-state index is 0.0321. The molecule has 0 radical (unpaired) electrons. The lowest BCUT2D eigenvalue weighted by molar-refractivity contribution is 0.146. The van der Waals surface area contributed by atoms with E-state index in [2.05, 4.69) is 25.3 Å². The number of aliphatic hydroxyl groups excluding tert-OH is 3. The third kappa shape index (κ3) is 7.94. The van der Waals surface area contributed by atoms with Crippen LogP contribution in [0.25, 0.3) is 0 Å². The first-order valence-electron chi connectivity index (χ1n) is 4.86. The van der Waals surface area contributed by atoms with Crippen LogP contribution < -0.4 is 0 Å². The fourth-order valence-electron chi connectivity index (χ4n) is 1.26. The molecule has 0 saturated carbocycles. The van der Waals surface area contributed by atoms with Gasteiger partial charge < -0.3 is 15.3 Å². The molecule has 0 aromatic rings. The Bertz CT molecular complexity index is 121. The number of aliphatic hydroxyl groups is 3. The van der Waals surface area contributed by atoms with Gasteiger partial charge in [0.15, 0.2) is 0 Å². The molecule has 0 aromatic heterocycles. The average Bonchev–Trinajstić information content (AvgIpc) is 2.03. The Balaban J connectivity index is 3.57. The van der Waals surface area contributed by atoms with Crippen molar-refractivity contribution in [3.63, 3.8) is 0 Å². The van der Waals surface area contributed by atoms with Crippen LogP contribution in [0.15, 0.2) is 0 Å². The van der Waals surface area contributed by atoms with Crippen LogP contribution in [0.1, 0.15) is 25.7 Å². The zero-order chi connectivity index (χ0) is 11.0. The summed E-state index contributed by atoms with van der Waals surface area (Å²) in [6, 6.07) is 0. The summed E-state index contributed by atoms with van der Waals surface area (Å²) in [5, 5.41) is 26.9.